The highest BCUT2D eigenvalue weighted by Crippen LogP contribution is 2.19. The van der Waals surface area contributed by atoms with E-state index in [0.717, 1.165) is 26.1 Å². The van der Waals surface area contributed by atoms with Crippen molar-refractivity contribution in [1.82, 2.24) is 4.90 Å². The van der Waals surface area contributed by atoms with E-state index in [1.165, 1.54) is 16.7 Å². The zero-order valence-electron chi connectivity index (χ0n) is 10.2. The summed E-state index contributed by atoms with van der Waals surface area (Å²) >= 11 is 0. The van der Waals surface area contributed by atoms with E-state index >= 15 is 0 Å². The van der Waals surface area contributed by atoms with Crippen LogP contribution in [0.1, 0.15) is 23.1 Å². The van der Waals surface area contributed by atoms with Crippen LogP contribution in [0.4, 0.5) is 0 Å². The highest BCUT2D eigenvalue weighted by molar-refractivity contribution is 5.29. The molecule has 1 aliphatic heterocycles. The molecule has 1 heterocycles. The molecule has 0 aromatic heterocycles. The summed E-state index contributed by atoms with van der Waals surface area (Å²) in [4.78, 5) is 2.44. The number of hydrogen-bond donors (Lipinski definition) is 1. The number of likely N-dealkylation sites (tertiary alicyclic amines) is 1. The molecule has 16 heavy (non-hydrogen) atoms. The Kier molecular flexibility index (Phi) is 3.62. The van der Waals surface area contributed by atoms with Gasteiger partial charge >= 0.3 is 0 Å². The van der Waals surface area contributed by atoms with Crippen LogP contribution in [0.15, 0.2) is 18.2 Å². The number of nitrogens with zero attached hydrogens (tertiary/aromatic N) is 1. The van der Waals surface area contributed by atoms with Crippen LogP contribution in [0.2, 0.25) is 0 Å². The van der Waals surface area contributed by atoms with Gasteiger partial charge in [0.05, 0.1) is 0 Å². The Balaban J connectivity index is 1.97. The molecule has 2 nitrogen and oxygen atoms in total. The van der Waals surface area contributed by atoms with Gasteiger partial charge in [-0.1, -0.05) is 18.2 Å². The second kappa shape index (κ2) is 4.98. The smallest absolute Gasteiger partial charge is 0.0471 e. The Labute approximate surface area is 97.9 Å². The molecule has 0 aliphatic carbocycles. The molecular weight excluding hydrogens is 198 g/mol. The van der Waals surface area contributed by atoms with Crippen LogP contribution in [-0.2, 0) is 6.54 Å². The maximum atomic E-state index is 9.10. The average Bonchev–Trinajstić information content (AvgIpc) is 2.71. The summed E-state index contributed by atoms with van der Waals surface area (Å²) in [5, 5.41) is 9.10. The van der Waals surface area contributed by atoms with Crippen LogP contribution in [0.3, 0.4) is 0 Å². The standard InChI is InChI=1S/C14H21NO/c1-11-3-4-13(7-12(11)2)8-15-6-5-14(9-15)10-16/h3-4,7,14,16H,5-6,8-10H2,1-2H3/t14-/m0/s1. The largest absolute Gasteiger partial charge is 0.396 e. The molecule has 0 unspecified atom stereocenters. The molecule has 1 fully saturated rings. The lowest BCUT2D eigenvalue weighted by Crippen LogP contribution is -2.21. The Bertz CT molecular complexity index is 362. The van der Waals surface area contributed by atoms with Gasteiger partial charge in [0.2, 0.25) is 0 Å². The van der Waals surface area contributed by atoms with Gasteiger partial charge in [-0.05, 0) is 49.4 Å². The van der Waals surface area contributed by atoms with E-state index in [2.05, 4.69) is 36.9 Å². The SMILES string of the molecule is Cc1ccc(CN2CC[C@H](CO)C2)cc1C. The van der Waals surface area contributed by atoms with Gasteiger partial charge in [-0.2, -0.15) is 0 Å². The molecule has 0 spiro atoms. The van der Waals surface area contributed by atoms with Gasteiger partial charge < -0.3 is 5.11 Å². The minimum Gasteiger partial charge on any atom is -0.396 e. The lowest BCUT2D eigenvalue weighted by atomic mass is 10.1. The second-order valence-corrected chi connectivity index (χ2v) is 4.99. The second-order valence-electron chi connectivity index (χ2n) is 4.99. The molecule has 0 amide bonds. The Hall–Kier alpha value is -0.860. The van der Waals surface area contributed by atoms with Gasteiger partial charge in [0.25, 0.3) is 0 Å². The molecule has 0 saturated carbocycles. The van der Waals surface area contributed by atoms with Crippen molar-refractivity contribution < 1.29 is 5.11 Å². The third-order valence-electron chi connectivity index (χ3n) is 3.61. The minimum atomic E-state index is 0.337. The van der Waals surface area contributed by atoms with E-state index in [4.69, 9.17) is 5.11 Å². The van der Waals surface area contributed by atoms with E-state index in [1.54, 1.807) is 0 Å². The van der Waals surface area contributed by atoms with Crippen LogP contribution in [0.25, 0.3) is 0 Å². The fraction of sp³-hybridized carbons (Fsp3) is 0.571. The molecule has 0 radical (unpaired) electrons. The van der Waals surface area contributed by atoms with E-state index in [-0.39, 0.29) is 0 Å². The molecule has 2 rings (SSSR count). The van der Waals surface area contributed by atoms with Crippen LogP contribution in [0, 0.1) is 19.8 Å². The average molecular weight is 219 g/mol. The van der Waals surface area contributed by atoms with Gasteiger partial charge in [0.1, 0.15) is 0 Å². The fourth-order valence-electron chi connectivity index (χ4n) is 2.37. The predicted molar refractivity (Wildman–Crippen MR) is 66.4 cm³/mol. The number of benzene rings is 1. The van der Waals surface area contributed by atoms with Gasteiger partial charge in [0.15, 0.2) is 0 Å². The summed E-state index contributed by atoms with van der Waals surface area (Å²) in [5.74, 6) is 0.492. The van der Waals surface area contributed by atoms with Gasteiger partial charge in [0, 0.05) is 19.7 Å². The highest BCUT2D eigenvalue weighted by atomic mass is 16.3. The lowest BCUT2D eigenvalue weighted by molar-refractivity contribution is 0.220. The van der Waals surface area contributed by atoms with E-state index in [9.17, 15) is 0 Å². The Morgan fingerprint density at radius 1 is 1.31 bits per heavy atom. The summed E-state index contributed by atoms with van der Waals surface area (Å²) < 4.78 is 0. The first kappa shape index (κ1) is 11.6. The van der Waals surface area contributed by atoms with Crippen molar-refractivity contribution in [3.05, 3.63) is 34.9 Å². The molecule has 1 aromatic carbocycles. The van der Waals surface area contributed by atoms with Crippen molar-refractivity contribution in [2.45, 2.75) is 26.8 Å². The lowest BCUT2D eigenvalue weighted by Gasteiger charge is -2.16. The summed E-state index contributed by atoms with van der Waals surface area (Å²) in [6.07, 6.45) is 1.14. The number of hydrogen-bond acceptors (Lipinski definition) is 2. The maximum Gasteiger partial charge on any atom is 0.0471 e. The Morgan fingerprint density at radius 3 is 2.75 bits per heavy atom. The normalized spacial score (nSPS) is 21.6. The zero-order valence-corrected chi connectivity index (χ0v) is 10.2. The quantitative estimate of drug-likeness (QED) is 0.841. The third-order valence-corrected chi connectivity index (χ3v) is 3.61. The molecule has 1 aliphatic rings. The maximum absolute atomic E-state index is 9.10. The van der Waals surface area contributed by atoms with Crippen LogP contribution in [-0.4, -0.2) is 29.7 Å². The molecule has 88 valence electrons. The van der Waals surface area contributed by atoms with Crippen LogP contribution in [0.5, 0.6) is 0 Å². The topological polar surface area (TPSA) is 23.5 Å². The molecular formula is C14H21NO. The number of aryl methyl sites for hydroxylation is 2. The first-order chi connectivity index (χ1) is 7.69. The van der Waals surface area contributed by atoms with Crippen LogP contribution < -0.4 is 0 Å². The summed E-state index contributed by atoms with van der Waals surface area (Å²) in [6.45, 7) is 7.85. The predicted octanol–water partition coefficient (Wildman–Crippen LogP) is 2.12. The first-order valence-electron chi connectivity index (χ1n) is 6.08. The molecule has 0 bridgehead atoms. The highest BCUT2D eigenvalue weighted by Gasteiger charge is 2.21. The minimum absolute atomic E-state index is 0.337. The van der Waals surface area contributed by atoms with Gasteiger partial charge in [-0.3, -0.25) is 4.90 Å². The number of rotatable bonds is 3. The third kappa shape index (κ3) is 2.63. The van der Waals surface area contributed by atoms with E-state index < -0.39 is 0 Å². The molecule has 1 atom stereocenters. The van der Waals surface area contributed by atoms with Crippen molar-refractivity contribution in [2.75, 3.05) is 19.7 Å². The Morgan fingerprint density at radius 2 is 2.12 bits per heavy atom. The molecule has 2 heteroatoms. The summed E-state index contributed by atoms with van der Waals surface area (Å²) in [5.41, 5.74) is 4.12. The van der Waals surface area contributed by atoms with Crippen molar-refractivity contribution in [1.29, 1.82) is 0 Å². The van der Waals surface area contributed by atoms with E-state index in [0.29, 0.717) is 12.5 Å². The first-order valence-corrected chi connectivity index (χ1v) is 6.08. The van der Waals surface area contributed by atoms with Crippen molar-refractivity contribution in [3.8, 4) is 0 Å². The zero-order chi connectivity index (χ0) is 11.5. The summed E-state index contributed by atoms with van der Waals surface area (Å²) in [6, 6.07) is 6.69. The molecule has 1 saturated heterocycles. The van der Waals surface area contributed by atoms with Gasteiger partial charge in [-0.15, -0.1) is 0 Å². The van der Waals surface area contributed by atoms with Gasteiger partial charge in [-0.25, -0.2) is 0 Å². The summed E-state index contributed by atoms with van der Waals surface area (Å²) in [7, 11) is 0. The van der Waals surface area contributed by atoms with Crippen molar-refractivity contribution in [2.24, 2.45) is 5.92 Å². The number of aliphatic hydroxyl groups excluding tert-OH is 1. The van der Waals surface area contributed by atoms with Crippen molar-refractivity contribution in [3.63, 3.8) is 0 Å². The van der Waals surface area contributed by atoms with Crippen LogP contribution >= 0.6 is 0 Å². The fourth-order valence-corrected chi connectivity index (χ4v) is 2.37. The molecule has 1 aromatic rings. The van der Waals surface area contributed by atoms with Crippen molar-refractivity contribution >= 4 is 0 Å². The molecule has 1 N–H and O–H groups in total. The monoisotopic (exact) mass is 219 g/mol. The number of aliphatic hydroxyl groups is 1. The van der Waals surface area contributed by atoms with E-state index in [1.807, 2.05) is 0 Å².